The molecule has 0 spiro atoms. The summed E-state index contributed by atoms with van der Waals surface area (Å²) in [5.41, 5.74) is -1.02. The van der Waals surface area contributed by atoms with Crippen molar-refractivity contribution < 1.29 is 14.6 Å². The number of carbonyl (C=O) groups excluding carboxylic acids is 1. The van der Waals surface area contributed by atoms with Crippen molar-refractivity contribution in [2.45, 2.75) is 44.1 Å². The number of aliphatic hydroxyl groups is 1. The lowest BCUT2D eigenvalue weighted by Crippen LogP contribution is -2.44. The quantitative estimate of drug-likeness (QED) is 0.727. The SMILES string of the molecule is O=C(C1CCOC1)C1(O)CCCCC1. The smallest absolute Gasteiger partial charge is 0.169 e. The fourth-order valence-corrected chi connectivity index (χ4v) is 2.50. The highest BCUT2D eigenvalue weighted by Crippen LogP contribution is 2.32. The second-order valence-corrected chi connectivity index (χ2v) is 4.52. The predicted molar refractivity (Wildman–Crippen MR) is 52.0 cm³/mol. The van der Waals surface area contributed by atoms with Gasteiger partial charge in [0, 0.05) is 12.5 Å². The van der Waals surface area contributed by atoms with E-state index in [4.69, 9.17) is 4.74 Å². The van der Waals surface area contributed by atoms with Crippen molar-refractivity contribution in [3.63, 3.8) is 0 Å². The number of hydrogen-bond donors (Lipinski definition) is 1. The van der Waals surface area contributed by atoms with E-state index in [1.807, 2.05) is 0 Å². The van der Waals surface area contributed by atoms with Crippen LogP contribution in [0.15, 0.2) is 0 Å². The van der Waals surface area contributed by atoms with Crippen LogP contribution in [0.4, 0.5) is 0 Å². The molecule has 0 amide bonds. The minimum absolute atomic E-state index is 0.0368. The van der Waals surface area contributed by atoms with E-state index in [0.717, 1.165) is 25.7 Å². The molecule has 0 bridgehead atoms. The number of Topliss-reactive ketones (excluding diaryl/α,β-unsaturated/α-hetero) is 1. The molecular formula is C11H18O3. The second kappa shape index (κ2) is 3.99. The van der Waals surface area contributed by atoms with Crippen LogP contribution in [-0.4, -0.2) is 29.7 Å². The lowest BCUT2D eigenvalue weighted by Gasteiger charge is -2.32. The Bertz CT molecular complexity index is 213. The van der Waals surface area contributed by atoms with Gasteiger partial charge in [-0.15, -0.1) is 0 Å². The van der Waals surface area contributed by atoms with Gasteiger partial charge in [-0.1, -0.05) is 19.3 Å². The third-order valence-electron chi connectivity index (χ3n) is 3.44. The van der Waals surface area contributed by atoms with E-state index in [9.17, 15) is 9.90 Å². The fourth-order valence-electron chi connectivity index (χ4n) is 2.50. The lowest BCUT2D eigenvalue weighted by molar-refractivity contribution is -0.144. The first-order chi connectivity index (χ1) is 6.72. The highest BCUT2D eigenvalue weighted by atomic mass is 16.5. The van der Waals surface area contributed by atoms with E-state index < -0.39 is 5.60 Å². The highest BCUT2D eigenvalue weighted by Gasteiger charge is 2.41. The minimum Gasteiger partial charge on any atom is -0.382 e. The second-order valence-electron chi connectivity index (χ2n) is 4.52. The third-order valence-corrected chi connectivity index (χ3v) is 3.44. The molecule has 3 heteroatoms. The van der Waals surface area contributed by atoms with Crippen LogP contribution in [-0.2, 0) is 9.53 Å². The van der Waals surface area contributed by atoms with E-state index in [1.54, 1.807) is 0 Å². The van der Waals surface area contributed by atoms with Gasteiger partial charge >= 0.3 is 0 Å². The summed E-state index contributed by atoms with van der Waals surface area (Å²) in [6, 6.07) is 0. The Balaban J connectivity index is 2.00. The Labute approximate surface area is 84.4 Å². The van der Waals surface area contributed by atoms with E-state index in [-0.39, 0.29) is 11.7 Å². The number of ketones is 1. The molecule has 2 aliphatic rings. The molecule has 1 saturated carbocycles. The molecule has 0 radical (unpaired) electrons. The predicted octanol–water partition coefficient (Wildman–Crippen LogP) is 1.29. The molecule has 2 rings (SSSR count). The largest absolute Gasteiger partial charge is 0.382 e. The van der Waals surface area contributed by atoms with Crippen molar-refractivity contribution in [2.75, 3.05) is 13.2 Å². The maximum absolute atomic E-state index is 12.0. The average molecular weight is 198 g/mol. The molecule has 0 aromatic heterocycles. The number of carbonyl (C=O) groups is 1. The summed E-state index contributed by atoms with van der Waals surface area (Å²) in [7, 11) is 0. The molecule has 1 heterocycles. The summed E-state index contributed by atoms with van der Waals surface area (Å²) in [4.78, 5) is 12.0. The topological polar surface area (TPSA) is 46.5 Å². The summed E-state index contributed by atoms with van der Waals surface area (Å²) >= 11 is 0. The lowest BCUT2D eigenvalue weighted by atomic mass is 9.77. The maximum atomic E-state index is 12.0. The molecule has 3 nitrogen and oxygen atoms in total. The van der Waals surface area contributed by atoms with Crippen LogP contribution in [0.3, 0.4) is 0 Å². The van der Waals surface area contributed by atoms with Crippen LogP contribution in [0.25, 0.3) is 0 Å². The first-order valence-corrected chi connectivity index (χ1v) is 5.57. The summed E-state index contributed by atoms with van der Waals surface area (Å²) in [6.45, 7) is 1.19. The molecule has 1 atom stereocenters. The summed E-state index contributed by atoms with van der Waals surface area (Å²) in [6.07, 6.45) is 5.22. The third kappa shape index (κ3) is 1.84. The summed E-state index contributed by atoms with van der Waals surface area (Å²) < 4.78 is 5.18. The van der Waals surface area contributed by atoms with E-state index in [2.05, 4.69) is 0 Å². The first-order valence-electron chi connectivity index (χ1n) is 5.57. The van der Waals surface area contributed by atoms with E-state index in [0.29, 0.717) is 26.1 Å². The molecule has 1 saturated heterocycles. The highest BCUT2D eigenvalue weighted by molar-refractivity contribution is 5.89. The van der Waals surface area contributed by atoms with Gasteiger partial charge in [0.05, 0.1) is 6.61 Å². The van der Waals surface area contributed by atoms with Gasteiger partial charge in [-0.05, 0) is 19.3 Å². The van der Waals surface area contributed by atoms with Crippen molar-refractivity contribution in [1.82, 2.24) is 0 Å². The monoisotopic (exact) mass is 198 g/mol. The van der Waals surface area contributed by atoms with Crippen LogP contribution in [0.1, 0.15) is 38.5 Å². The molecule has 2 fully saturated rings. The fraction of sp³-hybridized carbons (Fsp3) is 0.909. The van der Waals surface area contributed by atoms with Crippen molar-refractivity contribution >= 4 is 5.78 Å². The zero-order chi connectivity index (χ0) is 10.0. The normalized spacial score (nSPS) is 31.6. The van der Waals surface area contributed by atoms with Crippen LogP contribution in [0.2, 0.25) is 0 Å². The van der Waals surface area contributed by atoms with Gasteiger partial charge in [0.1, 0.15) is 5.60 Å². The standard InChI is InChI=1S/C11H18O3/c12-10(9-4-7-14-8-9)11(13)5-2-1-3-6-11/h9,13H,1-8H2. The van der Waals surface area contributed by atoms with E-state index >= 15 is 0 Å². The zero-order valence-electron chi connectivity index (χ0n) is 8.50. The summed E-state index contributed by atoms with van der Waals surface area (Å²) in [5, 5.41) is 10.2. The van der Waals surface area contributed by atoms with E-state index in [1.165, 1.54) is 0 Å². The van der Waals surface area contributed by atoms with Crippen molar-refractivity contribution in [3.05, 3.63) is 0 Å². The van der Waals surface area contributed by atoms with Gasteiger partial charge in [-0.25, -0.2) is 0 Å². The molecule has 1 aliphatic heterocycles. The minimum atomic E-state index is -1.02. The molecule has 0 aromatic rings. The Morgan fingerprint density at radius 2 is 2.00 bits per heavy atom. The first kappa shape index (κ1) is 10.1. The van der Waals surface area contributed by atoms with Gasteiger partial charge in [0.25, 0.3) is 0 Å². The van der Waals surface area contributed by atoms with Crippen LogP contribution < -0.4 is 0 Å². The Morgan fingerprint density at radius 3 is 2.57 bits per heavy atom. The zero-order valence-corrected chi connectivity index (χ0v) is 8.50. The van der Waals surface area contributed by atoms with Gasteiger partial charge in [0.15, 0.2) is 5.78 Å². The Hall–Kier alpha value is -0.410. The number of ether oxygens (including phenoxy) is 1. The molecule has 80 valence electrons. The summed E-state index contributed by atoms with van der Waals surface area (Å²) in [5.74, 6) is -0.00667. The number of hydrogen-bond acceptors (Lipinski definition) is 3. The van der Waals surface area contributed by atoms with Gasteiger partial charge in [0.2, 0.25) is 0 Å². The molecular weight excluding hydrogens is 180 g/mol. The van der Waals surface area contributed by atoms with Crippen LogP contribution >= 0.6 is 0 Å². The van der Waals surface area contributed by atoms with Gasteiger partial charge in [-0.3, -0.25) is 4.79 Å². The Morgan fingerprint density at radius 1 is 1.29 bits per heavy atom. The molecule has 0 aromatic carbocycles. The average Bonchev–Trinajstić information content (AvgIpc) is 2.70. The number of rotatable bonds is 2. The molecule has 1 N–H and O–H groups in total. The Kier molecular flexibility index (Phi) is 2.88. The van der Waals surface area contributed by atoms with Gasteiger partial charge < -0.3 is 9.84 Å². The molecule has 1 unspecified atom stereocenters. The molecule has 14 heavy (non-hydrogen) atoms. The molecule has 1 aliphatic carbocycles. The van der Waals surface area contributed by atoms with Gasteiger partial charge in [-0.2, -0.15) is 0 Å². The van der Waals surface area contributed by atoms with Crippen LogP contribution in [0.5, 0.6) is 0 Å². The van der Waals surface area contributed by atoms with Crippen molar-refractivity contribution in [3.8, 4) is 0 Å². The van der Waals surface area contributed by atoms with Crippen LogP contribution in [0, 0.1) is 5.92 Å². The maximum Gasteiger partial charge on any atom is 0.169 e. The van der Waals surface area contributed by atoms with Crippen molar-refractivity contribution in [1.29, 1.82) is 0 Å². The van der Waals surface area contributed by atoms with Crippen molar-refractivity contribution in [2.24, 2.45) is 5.92 Å².